The van der Waals surface area contributed by atoms with Gasteiger partial charge in [0.25, 0.3) is 0 Å². The molecule has 1 atom stereocenters. The molecule has 0 spiro atoms. The Hall–Kier alpha value is -0.580. The lowest BCUT2D eigenvalue weighted by molar-refractivity contribution is 0.118. The number of rotatable bonds is 4. The molecule has 1 saturated heterocycles. The maximum absolute atomic E-state index is 12.7. The highest BCUT2D eigenvalue weighted by Gasteiger charge is 2.28. The van der Waals surface area contributed by atoms with Gasteiger partial charge in [0.15, 0.2) is 0 Å². The Balaban J connectivity index is 1.76. The van der Waals surface area contributed by atoms with Crippen LogP contribution in [-0.4, -0.2) is 36.8 Å². The van der Waals surface area contributed by atoms with E-state index >= 15 is 0 Å². The molecular formula is C12H17FN2S. The summed E-state index contributed by atoms with van der Waals surface area (Å²) in [6.07, 6.45) is 0. The zero-order chi connectivity index (χ0) is 11.5. The van der Waals surface area contributed by atoms with E-state index in [2.05, 4.69) is 11.9 Å². The van der Waals surface area contributed by atoms with Gasteiger partial charge in [-0.05, 0) is 31.3 Å². The smallest absolute Gasteiger partial charge is 0.123 e. The fraction of sp³-hybridized carbons (Fsp3) is 0.500. The van der Waals surface area contributed by atoms with Crippen LogP contribution < -0.4 is 5.73 Å². The summed E-state index contributed by atoms with van der Waals surface area (Å²) in [4.78, 5) is 3.36. The topological polar surface area (TPSA) is 29.3 Å². The van der Waals surface area contributed by atoms with Gasteiger partial charge in [-0.25, -0.2) is 4.39 Å². The predicted molar refractivity (Wildman–Crippen MR) is 66.1 cm³/mol. The van der Waals surface area contributed by atoms with E-state index < -0.39 is 0 Å². The van der Waals surface area contributed by atoms with Crippen LogP contribution in [0.25, 0.3) is 0 Å². The number of hydrogen-bond donors (Lipinski definition) is 1. The van der Waals surface area contributed by atoms with E-state index in [4.69, 9.17) is 5.73 Å². The second kappa shape index (κ2) is 5.17. The molecule has 1 aliphatic heterocycles. The molecule has 1 aromatic rings. The molecule has 0 bridgehead atoms. The van der Waals surface area contributed by atoms with Crippen LogP contribution in [0.3, 0.4) is 0 Å². The van der Waals surface area contributed by atoms with Crippen molar-refractivity contribution in [2.75, 3.05) is 25.9 Å². The van der Waals surface area contributed by atoms with Crippen molar-refractivity contribution in [2.45, 2.75) is 10.9 Å². The van der Waals surface area contributed by atoms with Gasteiger partial charge in [0, 0.05) is 35.7 Å². The van der Waals surface area contributed by atoms with E-state index in [1.165, 1.54) is 12.1 Å². The third-order valence-corrected chi connectivity index (χ3v) is 4.11. The summed E-state index contributed by atoms with van der Waals surface area (Å²) in [6.45, 7) is 2.20. The molecule has 0 aromatic heterocycles. The van der Waals surface area contributed by atoms with Gasteiger partial charge in [-0.3, -0.25) is 0 Å². The third-order valence-electron chi connectivity index (χ3n) is 2.95. The summed E-state index contributed by atoms with van der Waals surface area (Å²) in [7, 11) is 2.11. The number of likely N-dealkylation sites (tertiary alicyclic amines) is 1. The lowest BCUT2D eigenvalue weighted by Crippen LogP contribution is -2.53. The highest BCUT2D eigenvalue weighted by molar-refractivity contribution is 7.99. The zero-order valence-corrected chi connectivity index (χ0v) is 10.2. The quantitative estimate of drug-likeness (QED) is 0.814. The van der Waals surface area contributed by atoms with Crippen molar-refractivity contribution in [3.05, 3.63) is 30.1 Å². The molecule has 2 N–H and O–H groups in total. The SMILES string of the molecule is CN1CC(C(N)CSc2ccc(F)cc2)C1. The minimum Gasteiger partial charge on any atom is -0.327 e. The number of thioether (sulfide) groups is 1. The van der Waals surface area contributed by atoms with Crippen molar-refractivity contribution in [2.24, 2.45) is 11.7 Å². The Morgan fingerprint density at radius 2 is 2.06 bits per heavy atom. The molecule has 0 radical (unpaired) electrons. The van der Waals surface area contributed by atoms with Gasteiger partial charge in [0.1, 0.15) is 5.82 Å². The van der Waals surface area contributed by atoms with Gasteiger partial charge in [-0.1, -0.05) is 0 Å². The first-order valence-corrected chi connectivity index (χ1v) is 6.46. The van der Waals surface area contributed by atoms with Crippen molar-refractivity contribution >= 4 is 11.8 Å². The predicted octanol–water partition coefficient (Wildman–Crippen LogP) is 1.81. The molecule has 2 rings (SSSR count). The highest BCUT2D eigenvalue weighted by atomic mass is 32.2. The highest BCUT2D eigenvalue weighted by Crippen LogP contribution is 2.23. The normalized spacial score (nSPS) is 19.4. The van der Waals surface area contributed by atoms with Crippen LogP contribution in [-0.2, 0) is 0 Å². The van der Waals surface area contributed by atoms with Crippen LogP contribution in [0.5, 0.6) is 0 Å². The lowest BCUT2D eigenvalue weighted by Gasteiger charge is -2.39. The van der Waals surface area contributed by atoms with Gasteiger partial charge in [0.2, 0.25) is 0 Å². The first-order chi connectivity index (χ1) is 7.65. The van der Waals surface area contributed by atoms with Crippen molar-refractivity contribution < 1.29 is 4.39 Å². The summed E-state index contributed by atoms with van der Waals surface area (Å²) in [5, 5.41) is 0. The first kappa shape index (κ1) is 11.9. The molecule has 0 aliphatic carbocycles. The molecule has 0 amide bonds. The molecule has 0 saturated carbocycles. The number of hydrogen-bond acceptors (Lipinski definition) is 3. The Kier molecular flexibility index (Phi) is 3.84. The molecule has 16 heavy (non-hydrogen) atoms. The molecule has 88 valence electrons. The minimum absolute atomic E-state index is 0.186. The van der Waals surface area contributed by atoms with E-state index in [-0.39, 0.29) is 11.9 Å². The molecule has 2 nitrogen and oxygen atoms in total. The summed E-state index contributed by atoms with van der Waals surface area (Å²) in [5.74, 6) is 1.34. The van der Waals surface area contributed by atoms with Crippen molar-refractivity contribution in [1.29, 1.82) is 0 Å². The fourth-order valence-corrected chi connectivity index (χ4v) is 2.86. The molecular weight excluding hydrogens is 223 g/mol. The molecule has 1 heterocycles. The van der Waals surface area contributed by atoms with Gasteiger partial charge in [-0.2, -0.15) is 0 Å². The summed E-state index contributed by atoms with van der Waals surface area (Å²) < 4.78 is 12.7. The molecule has 4 heteroatoms. The fourth-order valence-electron chi connectivity index (χ4n) is 1.88. The Morgan fingerprint density at radius 1 is 1.44 bits per heavy atom. The van der Waals surface area contributed by atoms with Crippen LogP contribution in [0.1, 0.15) is 0 Å². The largest absolute Gasteiger partial charge is 0.327 e. The Bertz CT molecular complexity index is 335. The summed E-state index contributed by atoms with van der Waals surface area (Å²) in [6, 6.07) is 6.83. The van der Waals surface area contributed by atoms with Crippen LogP contribution >= 0.6 is 11.8 Å². The second-order valence-electron chi connectivity index (χ2n) is 4.41. The number of nitrogens with zero attached hydrogens (tertiary/aromatic N) is 1. The van der Waals surface area contributed by atoms with Crippen LogP contribution in [0.4, 0.5) is 4.39 Å². The lowest BCUT2D eigenvalue weighted by atomic mass is 9.94. The van der Waals surface area contributed by atoms with Gasteiger partial charge >= 0.3 is 0 Å². The van der Waals surface area contributed by atoms with Crippen molar-refractivity contribution in [1.82, 2.24) is 4.90 Å². The molecule has 1 aliphatic rings. The van der Waals surface area contributed by atoms with Gasteiger partial charge in [-0.15, -0.1) is 11.8 Å². The van der Waals surface area contributed by atoms with Crippen molar-refractivity contribution in [3.8, 4) is 0 Å². The molecule has 1 fully saturated rings. The van der Waals surface area contributed by atoms with E-state index in [0.29, 0.717) is 5.92 Å². The molecule has 1 aromatic carbocycles. The van der Waals surface area contributed by atoms with E-state index in [9.17, 15) is 4.39 Å². The maximum atomic E-state index is 12.7. The average Bonchev–Trinajstić information content (AvgIpc) is 2.24. The minimum atomic E-state index is -0.186. The van der Waals surface area contributed by atoms with E-state index in [1.807, 2.05) is 0 Å². The monoisotopic (exact) mass is 240 g/mol. The average molecular weight is 240 g/mol. The third kappa shape index (κ3) is 2.97. The number of benzene rings is 1. The van der Waals surface area contributed by atoms with E-state index in [0.717, 1.165) is 23.7 Å². The molecule has 1 unspecified atom stereocenters. The number of nitrogens with two attached hydrogens (primary N) is 1. The van der Waals surface area contributed by atoms with E-state index in [1.54, 1.807) is 23.9 Å². The number of halogens is 1. The van der Waals surface area contributed by atoms with Crippen LogP contribution in [0.15, 0.2) is 29.2 Å². The van der Waals surface area contributed by atoms with Crippen molar-refractivity contribution in [3.63, 3.8) is 0 Å². The zero-order valence-electron chi connectivity index (χ0n) is 9.40. The van der Waals surface area contributed by atoms with Crippen LogP contribution in [0, 0.1) is 11.7 Å². The van der Waals surface area contributed by atoms with Crippen LogP contribution in [0.2, 0.25) is 0 Å². The second-order valence-corrected chi connectivity index (χ2v) is 5.50. The Morgan fingerprint density at radius 3 is 2.62 bits per heavy atom. The maximum Gasteiger partial charge on any atom is 0.123 e. The van der Waals surface area contributed by atoms with Gasteiger partial charge in [0.05, 0.1) is 0 Å². The standard InChI is InChI=1S/C12H17FN2S/c1-15-6-9(7-15)12(14)8-16-11-4-2-10(13)3-5-11/h2-5,9,12H,6-8,14H2,1H3. The summed E-state index contributed by atoms with van der Waals surface area (Å²) >= 11 is 1.71. The Labute approximate surface area is 100 Å². The first-order valence-electron chi connectivity index (χ1n) is 5.47. The van der Waals surface area contributed by atoms with Gasteiger partial charge < -0.3 is 10.6 Å². The summed E-state index contributed by atoms with van der Waals surface area (Å²) in [5.41, 5.74) is 6.10.